The normalized spacial score (nSPS) is 12.6. The van der Waals surface area contributed by atoms with Crippen LogP contribution in [0.3, 0.4) is 0 Å². The summed E-state index contributed by atoms with van der Waals surface area (Å²) in [6.07, 6.45) is 0.990. The van der Waals surface area contributed by atoms with Gasteiger partial charge in [0.2, 0.25) is 0 Å². The number of fused-ring (bicyclic) bond motifs is 4. The smallest absolute Gasteiger partial charge is 0.311 e. The molecule has 0 amide bonds. The summed E-state index contributed by atoms with van der Waals surface area (Å²) in [5.74, 6) is -0.0703. The number of H-pyrrole nitrogens is 1. The number of aromatic nitrogens is 2. The van der Waals surface area contributed by atoms with Gasteiger partial charge in [0.15, 0.2) is 11.9 Å². The van der Waals surface area contributed by atoms with Crippen molar-refractivity contribution in [3.63, 3.8) is 0 Å². The molecule has 0 saturated heterocycles. The maximum absolute atomic E-state index is 12.7. The number of nitrogens with one attached hydrogen (secondary N) is 1. The molecule has 1 unspecified atom stereocenters. The highest BCUT2D eigenvalue weighted by atomic mass is 32.1. The number of furan rings is 1. The molecule has 0 saturated carbocycles. The van der Waals surface area contributed by atoms with E-state index in [9.17, 15) is 9.59 Å². The maximum Gasteiger partial charge on any atom is 0.311 e. The quantitative estimate of drug-likeness (QED) is 0.387. The molecular formula is C24H20N2O4S. The monoisotopic (exact) mass is 432 g/mol. The Morgan fingerprint density at radius 3 is 2.84 bits per heavy atom. The summed E-state index contributed by atoms with van der Waals surface area (Å²) in [5.41, 5.74) is 2.22. The third kappa shape index (κ3) is 3.31. The van der Waals surface area contributed by atoms with Gasteiger partial charge in [0.05, 0.1) is 18.1 Å². The number of rotatable bonds is 4. The first-order chi connectivity index (χ1) is 14.9. The Kier molecular flexibility index (Phi) is 4.63. The van der Waals surface area contributed by atoms with Crippen molar-refractivity contribution in [1.29, 1.82) is 0 Å². The molecule has 1 N–H and O–H groups in total. The molecule has 5 rings (SSSR count). The Morgan fingerprint density at radius 2 is 2.00 bits per heavy atom. The first-order valence-corrected chi connectivity index (χ1v) is 10.8. The lowest BCUT2D eigenvalue weighted by atomic mass is 10.0. The predicted octanol–water partition coefficient (Wildman–Crippen LogP) is 5.35. The molecule has 0 aliphatic heterocycles. The van der Waals surface area contributed by atoms with Gasteiger partial charge in [0.25, 0.3) is 5.56 Å². The van der Waals surface area contributed by atoms with E-state index in [1.54, 1.807) is 13.2 Å². The Balaban J connectivity index is 1.42. The third-order valence-electron chi connectivity index (χ3n) is 5.63. The van der Waals surface area contributed by atoms with Crippen LogP contribution in [0.2, 0.25) is 0 Å². The van der Waals surface area contributed by atoms with E-state index in [0.717, 1.165) is 37.7 Å². The Hall–Kier alpha value is -3.45. The molecule has 0 spiro atoms. The summed E-state index contributed by atoms with van der Waals surface area (Å²) >= 11 is 1.47. The van der Waals surface area contributed by atoms with Gasteiger partial charge in [-0.25, -0.2) is 4.98 Å². The van der Waals surface area contributed by atoms with E-state index in [1.165, 1.54) is 11.3 Å². The van der Waals surface area contributed by atoms with Crippen LogP contribution in [-0.4, -0.2) is 15.9 Å². The number of esters is 1. The van der Waals surface area contributed by atoms with Gasteiger partial charge >= 0.3 is 5.97 Å². The average Bonchev–Trinajstić information content (AvgIpc) is 3.28. The Labute approximate surface area is 181 Å². The first kappa shape index (κ1) is 19.5. The highest BCUT2D eigenvalue weighted by molar-refractivity contribution is 7.18. The zero-order valence-electron chi connectivity index (χ0n) is 17.3. The molecule has 5 aromatic rings. The molecule has 0 fully saturated rings. The van der Waals surface area contributed by atoms with Gasteiger partial charge in [-0.2, -0.15) is 0 Å². The largest absolute Gasteiger partial charge is 0.464 e. The molecule has 0 bridgehead atoms. The number of carbonyl (C=O) groups is 1. The molecule has 156 valence electrons. The Bertz CT molecular complexity index is 1530. The van der Waals surface area contributed by atoms with Gasteiger partial charge in [0.1, 0.15) is 10.4 Å². The SMILES string of the molecule is Cc1sc2nc(C(C)OC(=O)Cc3coc4ccc5ccccc5c34)[nH]c(=O)c2c1C. The summed E-state index contributed by atoms with van der Waals surface area (Å²) < 4.78 is 11.3. The molecule has 0 aliphatic carbocycles. The molecule has 2 aromatic carbocycles. The average molecular weight is 433 g/mol. The third-order valence-corrected chi connectivity index (χ3v) is 6.73. The lowest BCUT2D eigenvalue weighted by molar-refractivity contribution is -0.148. The number of hydrogen-bond donors (Lipinski definition) is 1. The molecule has 7 heteroatoms. The minimum Gasteiger partial charge on any atom is -0.464 e. The summed E-state index contributed by atoms with van der Waals surface area (Å²) in [5, 5.41) is 3.63. The van der Waals surface area contributed by atoms with Crippen LogP contribution >= 0.6 is 11.3 Å². The molecular weight excluding hydrogens is 412 g/mol. The van der Waals surface area contributed by atoms with Gasteiger partial charge in [-0.05, 0) is 43.2 Å². The van der Waals surface area contributed by atoms with Crippen LogP contribution in [0.1, 0.15) is 34.9 Å². The number of aryl methyl sites for hydroxylation is 2. The van der Waals surface area contributed by atoms with Gasteiger partial charge in [-0.1, -0.05) is 30.3 Å². The molecule has 0 radical (unpaired) electrons. The fraction of sp³-hybridized carbons (Fsp3) is 0.208. The van der Waals surface area contributed by atoms with Crippen LogP contribution in [0.25, 0.3) is 32.0 Å². The van der Waals surface area contributed by atoms with Gasteiger partial charge in [-0.15, -0.1) is 11.3 Å². The second kappa shape index (κ2) is 7.35. The lowest BCUT2D eigenvalue weighted by Crippen LogP contribution is -2.18. The van der Waals surface area contributed by atoms with E-state index in [-0.39, 0.29) is 12.0 Å². The fourth-order valence-corrected chi connectivity index (χ4v) is 4.96. The van der Waals surface area contributed by atoms with Crippen LogP contribution in [0.15, 0.2) is 51.9 Å². The standard InChI is InChI=1S/C24H20N2O4S/c1-12-14(3)31-24-20(12)23(28)25-22(26-24)13(2)30-19(27)10-16-11-29-18-9-8-15-6-4-5-7-17(15)21(16)18/h4-9,11,13H,10H2,1-3H3,(H,25,26,28). The number of hydrogen-bond acceptors (Lipinski definition) is 6. The van der Waals surface area contributed by atoms with E-state index in [2.05, 4.69) is 9.97 Å². The van der Waals surface area contributed by atoms with Crippen molar-refractivity contribution in [2.75, 3.05) is 0 Å². The second-order valence-corrected chi connectivity index (χ2v) is 8.85. The van der Waals surface area contributed by atoms with Crippen LogP contribution in [0.4, 0.5) is 0 Å². The minimum absolute atomic E-state index is 0.0645. The summed E-state index contributed by atoms with van der Waals surface area (Å²) in [4.78, 5) is 34.2. The maximum atomic E-state index is 12.7. The second-order valence-electron chi connectivity index (χ2n) is 7.64. The van der Waals surface area contributed by atoms with Crippen molar-refractivity contribution < 1.29 is 13.9 Å². The van der Waals surface area contributed by atoms with Crippen molar-refractivity contribution in [2.45, 2.75) is 33.3 Å². The van der Waals surface area contributed by atoms with Crippen LogP contribution in [0.5, 0.6) is 0 Å². The van der Waals surface area contributed by atoms with E-state index < -0.39 is 12.1 Å². The molecule has 3 heterocycles. The van der Waals surface area contributed by atoms with Gasteiger partial charge in [-0.3, -0.25) is 9.59 Å². The first-order valence-electron chi connectivity index (χ1n) is 9.99. The highest BCUT2D eigenvalue weighted by Gasteiger charge is 2.20. The number of aromatic amines is 1. The lowest BCUT2D eigenvalue weighted by Gasteiger charge is -2.12. The van der Waals surface area contributed by atoms with Crippen LogP contribution < -0.4 is 5.56 Å². The number of benzene rings is 2. The predicted molar refractivity (Wildman–Crippen MR) is 122 cm³/mol. The van der Waals surface area contributed by atoms with Crippen molar-refractivity contribution in [2.24, 2.45) is 0 Å². The molecule has 0 aliphatic rings. The summed E-state index contributed by atoms with van der Waals surface area (Å²) in [7, 11) is 0. The van der Waals surface area contributed by atoms with E-state index in [0.29, 0.717) is 16.0 Å². The zero-order valence-corrected chi connectivity index (χ0v) is 18.1. The Morgan fingerprint density at radius 1 is 1.19 bits per heavy atom. The summed E-state index contributed by atoms with van der Waals surface area (Å²) in [6.45, 7) is 5.58. The number of carbonyl (C=O) groups excluding carboxylic acids is 1. The zero-order chi connectivity index (χ0) is 21.7. The fourth-order valence-electron chi connectivity index (χ4n) is 3.92. The topological polar surface area (TPSA) is 85.2 Å². The highest BCUT2D eigenvalue weighted by Crippen LogP contribution is 2.31. The van der Waals surface area contributed by atoms with Crippen molar-refractivity contribution >= 4 is 49.3 Å². The number of nitrogens with zero attached hydrogens (tertiary/aromatic N) is 1. The summed E-state index contributed by atoms with van der Waals surface area (Å²) in [6, 6.07) is 11.9. The minimum atomic E-state index is -0.678. The number of thiophene rings is 1. The molecule has 6 nitrogen and oxygen atoms in total. The molecule has 31 heavy (non-hydrogen) atoms. The van der Waals surface area contributed by atoms with E-state index >= 15 is 0 Å². The molecule has 3 aromatic heterocycles. The van der Waals surface area contributed by atoms with Crippen molar-refractivity contribution in [1.82, 2.24) is 9.97 Å². The van der Waals surface area contributed by atoms with Crippen molar-refractivity contribution in [3.05, 3.63) is 74.8 Å². The van der Waals surface area contributed by atoms with Gasteiger partial charge in [0, 0.05) is 15.8 Å². The van der Waals surface area contributed by atoms with Gasteiger partial charge < -0.3 is 14.1 Å². The number of ether oxygens (including phenoxy) is 1. The van der Waals surface area contributed by atoms with E-state index in [4.69, 9.17) is 9.15 Å². The van der Waals surface area contributed by atoms with Crippen LogP contribution in [0, 0.1) is 13.8 Å². The molecule has 1 atom stereocenters. The van der Waals surface area contributed by atoms with Crippen molar-refractivity contribution in [3.8, 4) is 0 Å². The van der Waals surface area contributed by atoms with Crippen LogP contribution in [-0.2, 0) is 16.0 Å². The van der Waals surface area contributed by atoms with E-state index in [1.807, 2.05) is 50.2 Å².